The maximum Gasteiger partial charge on any atom is 0.322 e. The van der Waals surface area contributed by atoms with E-state index in [9.17, 15) is 9.59 Å². The van der Waals surface area contributed by atoms with E-state index in [1.165, 1.54) is 13.2 Å². The van der Waals surface area contributed by atoms with E-state index in [2.05, 4.69) is 15.5 Å². The highest BCUT2D eigenvalue weighted by atomic mass is 35.5. The van der Waals surface area contributed by atoms with Gasteiger partial charge in [-0.25, -0.2) is 0 Å². The highest BCUT2D eigenvalue weighted by Gasteiger charge is 2.35. The molecule has 1 atom stereocenters. The van der Waals surface area contributed by atoms with Gasteiger partial charge in [-0.05, 0) is 42.5 Å². The van der Waals surface area contributed by atoms with Crippen molar-refractivity contribution >= 4 is 35.1 Å². The van der Waals surface area contributed by atoms with E-state index in [-0.39, 0.29) is 30.2 Å². The summed E-state index contributed by atoms with van der Waals surface area (Å²) in [5.41, 5.74) is 1.07. The van der Waals surface area contributed by atoms with E-state index in [1.807, 2.05) is 12.1 Å². The lowest BCUT2D eigenvalue weighted by Gasteiger charge is -2.16. The zero-order chi connectivity index (χ0) is 22.0. The minimum Gasteiger partial charge on any atom is -0.497 e. The number of hydrogen-bond acceptors (Lipinski definition) is 7. The number of nitrogens with one attached hydrogen (secondary N) is 1. The smallest absolute Gasteiger partial charge is 0.322 e. The number of rotatable bonds is 6. The Hall–Kier alpha value is -3.59. The predicted molar refractivity (Wildman–Crippen MR) is 113 cm³/mol. The van der Waals surface area contributed by atoms with Gasteiger partial charge in [0.15, 0.2) is 0 Å². The molecule has 0 saturated carbocycles. The molecular weight excluding hydrogens is 424 g/mol. The van der Waals surface area contributed by atoms with Crippen molar-refractivity contribution in [3.63, 3.8) is 0 Å². The molecule has 160 valence electrons. The van der Waals surface area contributed by atoms with Crippen LogP contribution in [-0.2, 0) is 4.79 Å². The van der Waals surface area contributed by atoms with E-state index in [0.29, 0.717) is 28.6 Å². The van der Waals surface area contributed by atoms with E-state index in [1.54, 1.807) is 36.3 Å². The molecule has 10 heteroatoms. The highest BCUT2D eigenvalue weighted by Crippen LogP contribution is 2.32. The summed E-state index contributed by atoms with van der Waals surface area (Å²) >= 11 is 6.06. The summed E-state index contributed by atoms with van der Waals surface area (Å²) in [6.45, 7) is 0.398. The van der Waals surface area contributed by atoms with Gasteiger partial charge in [0, 0.05) is 24.2 Å². The van der Waals surface area contributed by atoms with Crippen LogP contribution in [-0.4, -0.2) is 42.8 Å². The summed E-state index contributed by atoms with van der Waals surface area (Å²) in [7, 11) is 3.08. The van der Waals surface area contributed by atoms with Crippen molar-refractivity contribution < 1.29 is 23.5 Å². The molecule has 2 heterocycles. The minimum atomic E-state index is -0.456. The molecule has 0 aliphatic carbocycles. The summed E-state index contributed by atoms with van der Waals surface area (Å²) in [4.78, 5) is 26.6. The van der Waals surface area contributed by atoms with Crippen molar-refractivity contribution in [2.24, 2.45) is 0 Å². The lowest BCUT2D eigenvalue weighted by Crippen LogP contribution is -2.24. The Balaban J connectivity index is 1.43. The van der Waals surface area contributed by atoms with Gasteiger partial charge >= 0.3 is 6.01 Å². The monoisotopic (exact) mass is 442 g/mol. The van der Waals surface area contributed by atoms with Gasteiger partial charge in [-0.2, -0.15) is 0 Å². The standard InChI is InChI=1S/C21H19ClN4O5/c1-29-15-6-4-14(5-7-15)26-11-13(10-18(26)27)20-24-25-21(31-20)23-19(28)12-3-8-17(30-2)16(22)9-12/h3-9,13H,10-11H2,1-2H3,(H,23,25,28)/t13-/m1/s1. The summed E-state index contributed by atoms with van der Waals surface area (Å²) < 4.78 is 15.8. The number of benzene rings is 2. The maximum absolute atomic E-state index is 12.5. The van der Waals surface area contributed by atoms with E-state index >= 15 is 0 Å². The third-order valence-electron chi connectivity index (χ3n) is 4.93. The molecule has 1 aromatic heterocycles. The number of amides is 2. The van der Waals surface area contributed by atoms with Crippen molar-refractivity contribution in [1.82, 2.24) is 10.2 Å². The lowest BCUT2D eigenvalue weighted by atomic mass is 10.1. The van der Waals surface area contributed by atoms with Gasteiger partial charge in [-0.15, -0.1) is 5.10 Å². The van der Waals surface area contributed by atoms with Gasteiger partial charge in [-0.3, -0.25) is 14.9 Å². The van der Waals surface area contributed by atoms with E-state index in [0.717, 1.165) is 5.69 Å². The molecular formula is C21H19ClN4O5. The van der Waals surface area contributed by atoms with Gasteiger partial charge < -0.3 is 18.8 Å². The molecule has 4 rings (SSSR count). The number of nitrogens with zero attached hydrogens (tertiary/aromatic N) is 3. The van der Waals surface area contributed by atoms with Crippen molar-refractivity contribution in [3.8, 4) is 11.5 Å². The predicted octanol–water partition coefficient (Wildman–Crippen LogP) is 3.51. The van der Waals surface area contributed by atoms with Crippen LogP contribution in [0, 0.1) is 0 Å². The maximum atomic E-state index is 12.5. The molecule has 1 saturated heterocycles. The van der Waals surface area contributed by atoms with Gasteiger partial charge in [0.05, 0.1) is 25.2 Å². The minimum absolute atomic E-state index is 0.0492. The number of hydrogen-bond donors (Lipinski definition) is 1. The second kappa shape index (κ2) is 8.65. The largest absolute Gasteiger partial charge is 0.497 e. The fourth-order valence-corrected chi connectivity index (χ4v) is 3.57. The van der Waals surface area contributed by atoms with Crippen LogP contribution < -0.4 is 19.7 Å². The average Bonchev–Trinajstić information content (AvgIpc) is 3.40. The quantitative estimate of drug-likeness (QED) is 0.622. The normalized spacial score (nSPS) is 15.8. The third-order valence-corrected chi connectivity index (χ3v) is 5.23. The average molecular weight is 443 g/mol. The third kappa shape index (κ3) is 4.31. The Bertz CT molecular complexity index is 1120. The molecule has 1 aliphatic heterocycles. The number of halogens is 1. The van der Waals surface area contributed by atoms with E-state index in [4.69, 9.17) is 25.5 Å². The fraction of sp³-hybridized carbons (Fsp3) is 0.238. The topological polar surface area (TPSA) is 107 Å². The molecule has 0 unspecified atom stereocenters. The highest BCUT2D eigenvalue weighted by molar-refractivity contribution is 6.32. The van der Waals surface area contributed by atoms with Gasteiger partial charge in [0.2, 0.25) is 11.8 Å². The van der Waals surface area contributed by atoms with Crippen LogP contribution in [0.2, 0.25) is 5.02 Å². The van der Waals surface area contributed by atoms with Crippen LogP contribution in [0.1, 0.15) is 28.6 Å². The Labute approximate surface area is 182 Å². The molecule has 0 radical (unpaired) electrons. The van der Waals surface area contributed by atoms with Gasteiger partial charge in [0.25, 0.3) is 5.91 Å². The summed E-state index contributed by atoms with van der Waals surface area (Å²) in [5.74, 6) is 0.678. The summed E-state index contributed by atoms with van der Waals surface area (Å²) in [6.07, 6.45) is 0.232. The Morgan fingerprint density at radius 3 is 2.61 bits per heavy atom. The molecule has 9 nitrogen and oxygen atoms in total. The molecule has 1 N–H and O–H groups in total. The molecule has 31 heavy (non-hydrogen) atoms. The number of carbonyl (C=O) groups is 2. The second-order valence-electron chi connectivity index (χ2n) is 6.85. The first-order chi connectivity index (χ1) is 15.0. The second-order valence-corrected chi connectivity index (χ2v) is 7.26. The van der Waals surface area contributed by atoms with Crippen molar-refractivity contribution in [1.29, 1.82) is 0 Å². The summed E-state index contributed by atoms with van der Waals surface area (Å²) in [5, 5.41) is 10.7. The summed E-state index contributed by atoms with van der Waals surface area (Å²) in [6, 6.07) is 11.8. The first-order valence-electron chi connectivity index (χ1n) is 9.41. The molecule has 1 aliphatic rings. The molecule has 2 amide bonds. The van der Waals surface area contributed by atoms with Crippen LogP contribution in [0.3, 0.4) is 0 Å². The van der Waals surface area contributed by atoms with Gasteiger partial charge in [-0.1, -0.05) is 16.7 Å². The Morgan fingerprint density at radius 1 is 1.16 bits per heavy atom. The Morgan fingerprint density at radius 2 is 1.94 bits per heavy atom. The number of carbonyl (C=O) groups excluding carboxylic acids is 2. The van der Waals surface area contributed by atoms with Crippen molar-refractivity contribution in [2.75, 3.05) is 31.0 Å². The number of methoxy groups -OCH3 is 2. The number of aromatic nitrogens is 2. The van der Waals surface area contributed by atoms with E-state index < -0.39 is 5.91 Å². The van der Waals surface area contributed by atoms with Crippen LogP contribution >= 0.6 is 11.6 Å². The molecule has 0 bridgehead atoms. The van der Waals surface area contributed by atoms with Crippen molar-refractivity contribution in [3.05, 3.63) is 58.9 Å². The molecule has 3 aromatic rings. The molecule has 2 aromatic carbocycles. The van der Waals surface area contributed by atoms with Gasteiger partial charge in [0.1, 0.15) is 11.5 Å². The first kappa shape index (κ1) is 20.7. The fourth-order valence-electron chi connectivity index (χ4n) is 3.31. The Kier molecular flexibility index (Phi) is 5.77. The first-order valence-corrected chi connectivity index (χ1v) is 9.79. The lowest BCUT2D eigenvalue weighted by molar-refractivity contribution is -0.117. The zero-order valence-electron chi connectivity index (χ0n) is 16.8. The molecule has 1 fully saturated rings. The number of ether oxygens (including phenoxy) is 2. The van der Waals surface area contributed by atoms with Crippen LogP contribution in [0.5, 0.6) is 11.5 Å². The SMILES string of the molecule is COc1ccc(N2C[C@H](c3nnc(NC(=O)c4ccc(OC)c(Cl)c4)o3)CC2=O)cc1. The zero-order valence-corrected chi connectivity index (χ0v) is 17.5. The van der Waals surface area contributed by atoms with Crippen molar-refractivity contribution in [2.45, 2.75) is 12.3 Å². The van der Waals surface area contributed by atoms with Crippen LogP contribution in [0.15, 0.2) is 46.9 Å². The van der Waals surface area contributed by atoms with Crippen LogP contribution in [0.4, 0.5) is 11.7 Å². The van der Waals surface area contributed by atoms with Crippen LogP contribution in [0.25, 0.3) is 0 Å². The number of anilines is 2. The molecule has 0 spiro atoms.